The molecule has 0 heterocycles. The van der Waals surface area contributed by atoms with E-state index in [0.717, 1.165) is 11.9 Å². The van der Waals surface area contributed by atoms with E-state index < -0.39 is 0 Å². The van der Waals surface area contributed by atoms with Crippen LogP contribution < -0.4 is 0 Å². The molecule has 0 aromatic carbocycles. The third-order valence-corrected chi connectivity index (χ3v) is 0.913. The van der Waals surface area contributed by atoms with E-state index in [1.807, 2.05) is 0 Å². The Morgan fingerprint density at radius 3 is 2.40 bits per heavy atom. The zero-order valence-corrected chi connectivity index (χ0v) is 5.79. The molecule has 0 atom stereocenters. The first-order valence-corrected chi connectivity index (χ1v) is 2.92. The maximum atomic E-state index is 9.86. The van der Waals surface area contributed by atoms with Gasteiger partial charge in [-0.25, -0.2) is 0 Å². The van der Waals surface area contributed by atoms with Crippen LogP contribution in [0.5, 0.6) is 0 Å². The Labute approximate surface area is 61.1 Å². The molecule has 0 saturated heterocycles. The zero-order valence-electron chi connectivity index (χ0n) is 5.79. The van der Waals surface area contributed by atoms with Crippen LogP contribution >= 0.6 is 0 Å². The van der Waals surface area contributed by atoms with Gasteiger partial charge >= 0.3 is 0 Å². The first-order chi connectivity index (χ1) is 4.85. The highest BCUT2D eigenvalue weighted by Gasteiger charge is 1.78. The van der Waals surface area contributed by atoms with E-state index in [9.17, 15) is 4.79 Å². The number of allylic oxidation sites excluding steroid dienone is 6. The molecule has 0 fully saturated rings. The van der Waals surface area contributed by atoms with Gasteiger partial charge in [-0.1, -0.05) is 37.5 Å². The summed E-state index contributed by atoms with van der Waals surface area (Å²) in [5, 5.41) is 0. The van der Waals surface area contributed by atoms with Crippen LogP contribution in [-0.4, -0.2) is 6.29 Å². The van der Waals surface area contributed by atoms with Gasteiger partial charge in [-0.15, -0.1) is 0 Å². The summed E-state index contributed by atoms with van der Waals surface area (Å²) < 4.78 is 0. The lowest BCUT2D eigenvalue weighted by Gasteiger charge is -1.85. The molecular formula is C9H10O. The number of hydrogen-bond donors (Lipinski definition) is 0. The Kier molecular flexibility index (Phi) is 4.97. The molecule has 0 aliphatic rings. The van der Waals surface area contributed by atoms with E-state index in [0.29, 0.717) is 0 Å². The van der Waals surface area contributed by atoms with Crippen molar-refractivity contribution in [1.82, 2.24) is 0 Å². The van der Waals surface area contributed by atoms with Crippen molar-refractivity contribution < 1.29 is 4.79 Å². The maximum absolute atomic E-state index is 9.86. The molecule has 0 saturated carbocycles. The normalized spacial score (nSPS) is 11.4. The van der Waals surface area contributed by atoms with E-state index in [-0.39, 0.29) is 0 Å². The molecule has 1 nitrogen and oxygen atoms in total. The predicted octanol–water partition coefficient (Wildman–Crippen LogP) is 2.04. The van der Waals surface area contributed by atoms with Crippen molar-refractivity contribution in [3.8, 4) is 0 Å². The van der Waals surface area contributed by atoms with Crippen LogP contribution in [0.1, 0.15) is 0 Å². The Balaban J connectivity index is 4.20. The van der Waals surface area contributed by atoms with Crippen molar-refractivity contribution >= 4 is 6.29 Å². The van der Waals surface area contributed by atoms with Crippen LogP contribution in [0.3, 0.4) is 0 Å². The quantitative estimate of drug-likeness (QED) is 0.326. The average Bonchev–Trinajstić information content (AvgIpc) is 1.98. The molecule has 10 heavy (non-hydrogen) atoms. The fraction of sp³-hybridized carbons (Fsp3) is 0. The third-order valence-electron chi connectivity index (χ3n) is 0.913. The molecule has 0 amide bonds. The van der Waals surface area contributed by atoms with Gasteiger partial charge in [0.05, 0.1) is 0 Å². The van der Waals surface area contributed by atoms with E-state index in [1.54, 1.807) is 24.3 Å². The minimum absolute atomic E-state index is 0.723. The summed E-state index contributed by atoms with van der Waals surface area (Å²) in [6.45, 7) is 7.06. The number of carbonyl (C=O) groups is 1. The van der Waals surface area contributed by atoms with Crippen molar-refractivity contribution in [3.05, 3.63) is 49.1 Å². The largest absolute Gasteiger partial charge is 0.299 e. The average molecular weight is 134 g/mol. The molecule has 1 heteroatoms. The van der Waals surface area contributed by atoms with Gasteiger partial charge in [-0.3, -0.25) is 4.79 Å². The highest BCUT2D eigenvalue weighted by molar-refractivity contribution is 5.66. The van der Waals surface area contributed by atoms with E-state index >= 15 is 0 Å². The number of rotatable bonds is 4. The van der Waals surface area contributed by atoms with Gasteiger partial charge in [0.25, 0.3) is 0 Å². The molecule has 0 unspecified atom stereocenters. The zero-order chi connectivity index (χ0) is 7.82. The second-order valence-corrected chi connectivity index (χ2v) is 1.60. The Bertz CT molecular complexity index is 185. The molecular weight excluding hydrogens is 124 g/mol. The molecule has 0 aliphatic heterocycles. The van der Waals surface area contributed by atoms with Crippen molar-refractivity contribution in [2.75, 3.05) is 0 Å². The molecule has 0 rings (SSSR count). The first-order valence-electron chi connectivity index (χ1n) is 2.92. The lowest BCUT2D eigenvalue weighted by molar-refractivity contribution is -0.104. The molecule has 52 valence electrons. The van der Waals surface area contributed by atoms with Crippen LogP contribution in [0, 0.1) is 0 Å². The molecule has 0 aromatic rings. The highest BCUT2D eigenvalue weighted by Crippen LogP contribution is 1.96. The summed E-state index contributed by atoms with van der Waals surface area (Å²) in [6.07, 6.45) is 8.87. The van der Waals surface area contributed by atoms with Crippen molar-refractivity contribution in [2.45, 2.75) is 0 Å². The molecule has 0 bridgehead atoms. The Hall–Kier alpha value is -1.37. The highest BCUT2D eigenvalue weighted by atomic mass is 16.1. The van der Waals surface area contributed by atoms with Crippen LogP contribution in [0.4, 0.5) is 0 Å². The summed E-state index contributed by atoms with van der Waals surface area (Å²) in [5.74, 6) is 0. The van der Waals surface area contributed by atoms with Gasteiger partial charge in [-0.2, -0.15) is 0 Å². The molecule has 0 spiro atoms. The van der Waals surface area contributed by atoms with Gasteiger partial charge in [0.15, 0.2) is 0 Å². The van der Waals surface area contributed by atoms with Gasteiger partial charge in [-0.05, 0) is 11.6 Å². The van der Waals surface area contributed by atoms with Crippen LogP contribution in [0.15, 0.2) is 49.1 Å². The molecule has 0 aromatic heterocycles. The molecule has 0 N–H and O–H groups in total. The van der Waals surface area contributed by atoms with Gasteiger partial charge in [0, 0.05) is 0 Å². The topological polar surface area (TPSA) is 17.1 Å². The SMILES string of the molecule is C=C/C=C(C=C)/C=C/C=O. The van der Waals surface area contributed by atoms with Crippen molar-refractivity contribution in [1.29, 1.82) is 0 Å². The van der Waals surface area contributed by atoms with E-state index in [4.69, 9.17) is 0 Å². The minimum atomic E-state index is 0.723. The standard InChI is InChI=1S/C9H10O/c1-3-6-9(4-2)7-5-8-10/h3-8H,1-2H2/b7-5+,9-6+. The summed E-state index contributed by atoms with van der Waals surface area (Å²) in [7, 11) is 0. The van der Waals surface area contributed by atoms with Gasteiger partial charge < -0.3 is 0 Å². The number of hydrogen-bond acceptors (Lipinski definition) is 1. The van der Waals surface area contributed by atoms with Gasteiger partial charge in [0.2, 0.25) is 0 Å². The van der Waals surface area contributed by atoms with Crippen LogP contribution in [0.2, 0.25) is 0 Å². The van der Waals surface area contributed by atoms with Crippen LogP contribution in [-0.2, 0) is 4.79 Å². The monoisotopic (exact) mass is 134 g/mol. The molecule has 0 radical (unpaired) electrons. The Morgan fingerprint density at radius 2 is 2.00 bits per heavy atom. The molecule has 0 aliphatic carbocycles. The summed E-state index contributed by atoms with van der Waals surface area (Å²) in [4.78, 5) is 9.86. The predicted molar refractivity (Wildman–Crippen MR) is 43.7 cm³/mol. The fourth-order valence-corrected chi connectivity index (χ4v) is 0.478. The fourth-order valence-electron chi connectivity index (χ4n) is 0.478. The second-order valence-electron chi connectivity index (χ2n) is 1.60. The summed E-state index contributed by atoms with van der Waals surface area (Å²) >= 11 is 0. The van der Waals surface area contributed by atoms with Crippen molar-refractivity contribution in [2.24, 2.45) is 0 Å². The number of carbonyl (C=O) groups excluding carboxylic acids is 1. The lowest BCUT2D eigenvalue weighted by Crippen LogP contribution is -1.68. The van der Waals surface area contributed by atoms with Crippen LogP contribution in [0.25, 0.3) is 0 Å². The van der Waals surface area contributed by atoms with E-state index in [1.165, 1.54) is 6.08 Å². The van der Waals surface area contributed by atoms with Crippen molar-refractivity contribution in [3.63, 3.8) is 0 Å². The first kappa shape index (κ1) is 8.63. The Morgan fingerprint density at radius 1 is 1.30 bits per heavy atom. The van der Waals surface area contributed by atoms with Gasteiger partial charge in [0.1, 0.15) is 6.29 Å². The minimum Gasteiger partial charge on any atom is -0.299 e. The second kappa shape index (κ2) is 5.76. The summed E-state index contributed by atoms with van der Waals surface area (Å²) in [6, 6.07) is 0. The maximum Gasteiger partial charge on any atom is 0.142 e. The third kappa shape index (κ3) is 3.61. The van der Waals surface area contributed by atoms with E-state index in [2.05, 4.69) is 13.2 Å². The smallest absolute Gasteiger partial charge is 0.142 e. The lowest BCUT2D eigenvalue weighted by atomic mass is 10.2. The summed E-state index contributed by atoms with van der Waals surface area (Å²) in [5.41, 5.74) is 0.877. The number of aldehydes is 1.